The lowest BCUT2D eigenvalue weighted by molar-refractivity contribution is 0.102. The van der Waals surface area contributed by atoms with Gasteiger partial charge in [0.2, 0.25) is 11.7 Å². The molecule has 0 spiro atoms. The first-order valence-corrected chi connectivity index (χ1v) is 8.20. The molecule has 0 saturated heterocycles. The summed E-state index contributed by atoms with van der Waals surface area (Å²) in [5.74, 6) is 1.47. The van der Waals surface area contributed by atoms with Gasteiger partial charge in [0.1, 0.15) is 0 Å². The fraction of sp³-hybridized carbons (Fsp3) is 0.500. The first-order chi connectivity index (χ1) is 10.1. The van der Waals surface area contributed by atoms with E-state index < -0.39 is 0 Å². The second-order valence-corrected chi connectivity index (χ2v) is 6.65. The lowest BCUT2D eigenvalue weighted by atomic mass is 9.98. The Morgan fingerprint density at radius 2 is 2.14 bits per heavy atom. The monoisotopic (exact) mass is 350 g/mol. The highest BCUT2D eigenvalue weighted by Crippen LogP contribution is 2.29. The number of hydrogen-bond donors (Lipinski definition) is 1. The molecule has 1 fully saturated rings. The molecule has 4 nitrogen and oxygen atoms in total. The molecule has 3 rings (SSSR count). The van der Waals surface area contributed by atoms with Crippen molar-refractivity contribution in [3.8, 4) is 11.4 Å². The molecule has 112 valence electrons. The van der Waals surface area contributed by atoms with Crippen LogP contribution < -0.4 is 0 Å². The van der Waals surface area contributed by atoms with Crippen LogP contribution in [-0.4, -0.2) is 21.4 Å². The Hall–Kier alpha value is -1.20. The van der Waals surface area contributed by atoms with Crippen LogP contribution in [0.5, 0.6) is 0 Å². The molecule has 1 aliphatic carbocycles. The van der Waals surface area contributed by atoms with Gasteiger partial charge in [-0.1, -0.05) is 46.1 Å². The predicted molar refractivity (Wildman–Crippen MR) is 83.8 cm³/mol. The number of aryl methyl sites for hydroxylation is 1. The maximum Gasteiger partial charge on any atom is 0.229 e. The summed E-state index contributed by atoms with van der Waals surface area (Å²) in [6.07, 6.45) is 4.72. The van der Waals surface area contributed by atoms with Crippen LogP contribution in [0, 0.1) is 12.8 Å². The van der Waals surface area contributed by atoms with Crippen molar-refractivity contribution in [2.75, 3.05) is 0 Å². The zero-order valence-corrected chi connectivity index (χ0v) is 13.6. The third kappa shape index (κ3) is 3.35. The number of nitrogens with zero attached hydrogens (tertiary/aromatic N) is 2. The average molecular weight is 351 g/mol. The molecule has 1 aromatic heterocycles. The fourth-order valence-corrected chi connectivity index (χ4v) is 3.25. The van der Waals surface area contributed by atoms with E-state index in [1.807, 2.05) is 25.1 Å². The third-order valence-corrected chi connectivity index (χ3v) is 5.08. The van der Waals surface area contributed by atoms with Crippen LogP contribution in [0.15, 0.2) is 27.2 Å². The molecular formula is C16H19BrN2O2. The third-order valence-electron chi connectivity index (χ3n) is 4.23. The number of rotatable bonds is 4. The number of halogens is 1. The second-order valence-electron chi connectivity index (χ2n) is 5.79. The number of aromatic nitrogens is 2. The summed E-state index contributed by atoms with van der Waals surface area (Å²) in [5, 5.41) is 14.2. The maximum atomic E-state index is 10.2. The summed E-state index contributed by atoms with van der Waals surface area (Å²) < 4.78 is 6.31. The summed E-state index contributed by atoms with van der Waals surface area (Å²) >= 11 is 3.51. The van der Waals surface area contributed by atoms with Gasteiger partial charge in [0.25, 0.3) is 0 Å². The van der Waals surface area contributed by atoms with E-state index >= 15 is 0 Å². The molecule has 1 atom stereocenters. The van der Waals surface area contributed by atoms with Gasteiger partial charge in [0.15, 0.2) is 0 Å². The Balaban J connectivity index is 1.72. The predicted octanol–water partition coefficient (Wildman–Crippen LogP) is 3.90. The smallest absolute Gasteiger partial charge is 0.229 e. The van der Waals surface area contributed by atoms with Crippen molar-refractivity contribution < 1.29 is 9.63 Å². The Kier molecular flexibility index (Phi) is 4.40. The van der Waals surface area contributed by atoms with E-state index in [4.69, 9.17) is 4.52 Å². The fourth-order valence-electron chi connectivity index (χ4n) is 2.87. The van der Waals surface area contributed by atoms with Gasteiger partial charge >= 0.3 is 0 Å². The summed E-state index contributed by atoms with van der Waals surface area (Å²) in [6, 6.07) is 5.97. The second kappa shape index (κ2) is 6.28. The molecule has 1 heterocycles. The van der Waals surface area contributed by atoms with Crippen molar-refractivity contribution in [1.82, 2.24) is 10.1 Å². The highest BCUT2D eigenvalue weighted by atomic mass is 79.9. The van der Waals surface area contributed by atoms with Gasteiger partial charge in [0.05, 0.1) is 12.5 Å². The molecule has 21 heavy (non-hydrogen) atoms. The van der Waals surface area contributed by atoms with E-state index in [2.05, 4.69) is 26.1 Å². The van der Waals surface area contributed by atoms with Crippen molar-refractivity contribution in [3.05, 3.63) is 34.1 Å². The van der Waals surface area contributed by atoms with Crippen molar-refractivity contribution in [1.29, 1.82) is 0 Å². The normalized spacial score (nSPS) is 17.3. The molecule has 1 saturated carbocycles. The first-order valence-electron chi connectivity index (χ1n) is 7.40. The molecule has 0 amide bonds. The van der Waals surface area contributed by atoms with Gasteiger partial charge in [-0.2, -0.15) is 4.98 Å². The van der Waals surface area contributed by atoms with Crippen molar-refractivity contribution in [2.45, 2.75) is 45.1 Å². The van der Waals surface area contributed by atoms with Crippen LogP contribution in [0.2, 0.25) is 0 Å². The molecule has 1 aromatic carbocycles. The van der Waals surface area contributed by atoms with Crippen LogP contribution >= 0.6 is 15.9 Å². The molecule has 1 N–H and O–H groups in total. The molecule has 5 heteroatoms. The maximum absolute atomic E-state index is 10.2. The van der Waals surface area contributed by atoms with Crippen molar-refractivity contribution in [2.24, 2.45) is 5.92 Å². The number of hydrogen-bond acceptors (Lipinski definition) is 4. The largest absolute Gasteiger partial charge is 0.392 e. The average Bonchev–Trinajstić information content (AvgIpc) is 3.12. The minimum absolute atomic E-state index is 0.370. The van der Waals surface area contributed by atoms with Crippen LogP contribution in [0.25, 0.3) is 11.4 Å². The minimum Gasteiger partial charge on any atom is -0.392 e. The van der Waals surface area contributed by atoms with Gasteiger partial charge in [-0.3, -0.25) is 0 Å². The minimum atomic E-state index is -0.370. The number of benzene rings is 1. The Labute approximate surface area is 132 Å². The quantitative estimate of drug-likeness (QED) is 0.908. The van der Waals surface area contributed by atoms with Gasteiger partial charge < -0.3 is 9.63 Å². The van der Waals surface area contributed by atoms with E-state index in [0.29, 0.717) is 24.1 Å². The van der Waals surface area contributed by atoms with E-state index in [1.54, 1.807) is 0 Å². The van der Waals surface area contributed by atoms with E-state index in [9.17, 15) is 5.11 Å². The van der Waals surface area contributed by atoms with Gasteiger partial charge in [-0.15, -0.1) is 0 Å². The molecule has 0 radical (unpaired) electrons. The summed E-state index contributed by atoms with van der Waals surface area (Å²) in [6.45, 7) is 2.04. The topological polar surface area (TPSA) is 59.2 Å². The zero-order valence-electron chi connectivity index (χ0n) is 12.1. The summed E-state index contributed by atoms with van der Waals surface area (Å²) in [5.41, 5.74) is 2.08. The zero-order chi connectivity index (χ0) is 14.8. The molecule has 1 aliphatic rings. The van der Waals surface area contributed by atoms with Gasteiger partial charge in [0, 0.05) is 10.0 Å². The van der Waals surface area contributed by atoms with Gasteiger partial charge in [-0.25, -0.2) is 0 Å². The number of aliphatic hydroxyl groups excluding tert-OH is 1. The Bertz CT molecular complexity index is 620. The van der Waals surface area contributed by atoms with Crippen molar-refractivity contribution >= 4 is 15.9 Å². The molecule has 0 aliphatic heterocycles. The molecule has 1 unspecified atom stereocenters. The molecular weight excluding hydrogens is 332 g/mol. The Morgan fingerprint density at radius 3 is 2.86 bits per heavy atom. The van der Waals surface area contributed by atoms with Crippen molar-refractivity contribution in [3.63, 3.8) is 0 Å². The number of aliphatic hydroxyl groups is 1. The van der Waals surface area contributed by atoms with Crippen LogP contribution in [0.1, 0.15) is 37.1 Å². The van der Waals surface area contributed by atoms with E-state index in [0.717, 1.165) is 22.9 Å². The van der Waals surface area contributed by atoms with E-state index in [1.165, 1.54) is 18.4 Å². The highest BCUT2D eigenvalue weighted by Gasteiger charge is 2.25. The first kappa shape index (κ1) is 14.7. The highest BCUT2D eigenvalue weighted by molar-refractivity contribution is 9.10. The van der Waals surface area contributed by atoms with Gasteiger partial charge in [-0.05, 0) is 37.3 Å². The SMILES string of the molecule is Cc1ccc(-c2noc(CC(O)C3CCCC3)n2)cc1Br. The summed E-state index contributed by atoms with van der Waals surface area (Å²) in [7, 11) is 0. The van der Waals surface area contributed by atoms with Crippen LogP contribution in [0.3, 0.4) is 0 Å². The molecule has 0 bridgehead atoms. The van der Waals surface area contributed by atoms with Crippen LogP contribution in [-0.2, 0) is 6.42 Å². The van der Waals surface area contributed by atoms with Crippen LogP contribution in [0.4, 0.5) is 0 Å². The lowest BCUT2D eigenvalue weighted by Gasteiger charge is -2.14. The standard InChI is InChI=1S/C16H19BrN2O2/c1-10-6-7-12(8-13(10)17)16-18-15(21-19-16)9-14(20)11-4-2-3-5-11/h6-8,11,14,20H,2-5,9H2,1H3. The molecule has 2 aromatic rings. The summed E-state index contributed by atoms with van der Waals surface area (Å²) in [4.78, 5) is 4.40. The Morgan fingerprint density at radius 1 is 1.38 bits per heavy atom. The van der Waals surface area contributed by atoms with E-state index in [-0.39, 0.29) is 6.10 Å². The lowest BCUT2D eigenvalue weighted by Crippen LogP contribution is -2.20.